The number of carbonyl (C=O) groups excluding carboxylic acids is 1. The van der Waals surface area contributed by atoms with Crippen molar-refractivity contribution in [2.24, 2.45) is 5.92 Å². The van der Waals surface area contributed by atoms with Gasteiger partial charge in [-0.1, -0.05) is 49.7 Å². The predicted molar refractivity (Wildman–Crippen MR) is 122 cm³/mol. The van der Waals surface area contributed by atoms with Crippen molar-refractivity contribution in [2.75, 3.05) is 18.4 Å². The Kier molecular flexibility index (Phi) is 7.67. The Morgan fingerprint density at radius 1 is 1.07 bits per heavy atom. The van der Waals surface area contributed by atoms with Gasteiger partial charge in [-0.15, -0.1) is 0 Å². The zero-order valence-corrected chi connectivity index (χ0v) is 18.7. The van der Waals surface area contributed by atoms with Crippen LogP contribution in [-0.2, 0) is 27.0 Å². The zero-order valence-electron chi connectivity index (χ0n) is 17.9. The lowest BCUT2D eigenvalue weighted by Crippen LogP contribution is -2.41. The summed E-state index contributed by atoms with van der Waals surface area (Å²) < 4.78 is 27.1. The number of nitrogens with one attached hydrogen (secondary N) is 1. The maximum absolute atomic E-state index is 12.8. The smallest absolute Gasteiger partial charge is 0.227 e. The summed E-state index contributed by atoms with van der Waals surface area (Å²) in [6, 6.07) is 15.6. The Morgan fingerprint density at radius 3 is 2.37 bits per heavy atom. The molecular formula is C24H32N2O3S. The van der Waals surface area contributed by atoms with Crippen LogP contribution in [-0.4, -0.2) is 31.7 Å². The highest BCUT2D eigenvalue weighted by Crippen LogP contribution is 2.24. The van der Waals surface area contributed by atoms with Crippen molar-refractivity contribution >= 4 is 21.6 Å². The molecule has 3 rings (SSSR count). The van der Waals surface area contributed by atoms with Crippen LogP contribution in [0, 0.1) is 12.8 Å². The molecule has 1 aliphatic rings. The number of piperidine rings is 1. The van der Waals surface area contributed by atoms with Crippen molar-refractivity contribution in [3.63, 3.8) is 0 Å². The Balaban J connectivity index is 1.52. The molecule has 1 aliphatic heterocycles. The summed E-state index contributed by atoms with van der Waals surface area (Å²) in [5.41, 5.74) is 3.90. The van der Waals surface area contributed by atoms with Crippen LogP contribution in [0.25, 0.3) is 0 Å². The minimum atomic E-state index is -3.38. The summed E-state index contributed by atoms with van der Waals surface area (Å²) in [4.78, 5) is 12.6. The van der Waals surface area contributed by atoms with Gasteiger partial charge in [0, 0.05) is 24.7 Å². The van der Waals surface area contributed by atoms with Gasteiger partial charge in [-0.25, -0.2) is 12.7 Å². The number of sulfonamides is 1. The third-order valence-electron chi connectivity index (χ3n) is 5.86. The fourth-order valence-electron chi connectivity index (χ4n) is 3.84. The molecule has 1 heterocycles. The summed E-state index contributed by atoms with van der Waals surface area (Å²) in [5, 5.41) is 2.99. The maximum Gasteiger partial charge on any atom is 0.227 e. The molecule has 1 saturated heterocycles. The number of hydrogen-bond acceptors (Lipinski definition) is 3. The summed E-state index contributed by atoms with van der Waals surface area (Å²) in [6.45, 7) is 4.89. The number of anilines is 1. The van der Waals surface area contributed by atoms with Gasteiger partial charge in [-0.3, -0.25) is 4.79 Å². The first-order valence-electron chi connectivity index (χ1n) is 10.8. The third-order valence-corrected chi connectivity index (χ3v) is 7.69. The van der Waals surface area contributed by atoms with Crippen LogP contribution in [0.4, 0.5) is 5.69 Å². The van der Waals surface area contributed by atoms with Gasteiger partial charge in [0.05, 0.1) is 5.75 Å². The first-order chi connectivity index (χ1) is 14.4. The van der Waals surface area contributed by atoms with E-state index in [0.29, 0.717) is 25.9 Å². The number of carbonyl (C=O) groups is 1. The minimum Gasteiger partial charge on any atom is -0.326 e. The molecule has 1 fully saturated rings. The Labute approximate surface area is 180 Å². The molecule has 162 valence electrons. The van der Waals surface area contributed by atoms with Crippen molar-refractivity contribution in [3.8, 4) is 0 Å². The highest BCUT2D eigenvalue weighted by atomic mass is 32.2. The monoisotopic (exact) mass is 428 g/mol. The van der Waals surface area contributed by atoms with Crippen molar-refractivity contribution < 1.29 is 13.2 Å². The summed E-state index contributed by atoms with van der Waals surface area (Å²) >= 11 is 0. The summed E-state index contributed by atoms with van der Waals surface area (Å²) in [7, 11) is -3.38. The van der Waals surface area contributed by atoms with E-state index >= 15 is 0 Å². The van der Waals surface area contributed by atoms with Gasteiger partial charge in [0.1, 0.15) is 0 Å². The van der Waals surface area contributed by atoms with Gasteiger partial charge in [-0.2, -0.15) is 0 Å². The molecule has 30 heavy (non-hydrogen) atoms. The highest BCUT2D eigenvalue weighted by molar-refractivity contribution is 7.88. The van der Waals surface area contributed by atoms with Crippen molar-refractivity contribution in [1.29, 1.82) is 0 Å². The second-order valence-corrected chi connectivity index (χ2v) is 10.1. The number of amides is 1. The fourth-order valence-corrected chi connectivity index (χ4v) is 5.50. The molecule has 2 aromatic rings. The molecule has 0 radical (unpaired) electrons. The van der Waals surface area contributed by atoms with Crippen LogP contribution in [0.1, 0.15) is 49.3 Å². The number of aryl methyl sites for hydroxylation is 2. The lowest BCUT2D eigenvalue weighted by atomic mass is 9.97. The number of benzene rings is 2. The fraction of sp³-hybridized carbons (Fsp3) is 0.458. The molecular weight excluding hydrogens is 396 g/mol. The molecule has 0 aromatic heterocycles. The van der Waals surface area contributed by atoms with E-state index in [-0.39, 0.29) is 17.6 Å². The normalized spacial score (nSPS) is 15.8. The van der Waals surface area contributed by atoms with E-state index < -0.39 is 10.0 Å². The molecule has 0 aliphatic carbocycles. The minimum absolute atomic E-state index is 0.0148. The standard InChI is InChI=1S/C24H32N2O3S/c1-3-4-8-20-10-12-23(13-11-20)25-24(27)21-14-16-26(17-15-21)30(28,29)18-22-9-6-5-7-19(22)2/h5-7,9-13,21H,3-4,8,14-18H2,1-2H3,(H,25,27). The molecule has 5 nitrogen and oxygen atoms in total. The molecule has 0 atom stereocenters. The quantitative estimate of drug-likeness (QED) is 0.672. The van der Waals surface area contributed by atoms with Crippen molar-refractivity contribution in [3.05, 3.63) is 65.2 Å². The summed E-state index contributed by atoms with van der Waals surface area (Å²) in [6.07, 6.45) is 4.48. The van der Waals surface area contributed by atoms with E-state index in [1.807, 2.05) is 43.3 Å². The molecule has 6 heteroatoms. The first kappa shape index (κ1) is 22.5. The maximum atomic E-state index is 12.8. The van der Waals surface area contributed by atoms with Crippen LogP contribution in [0.3, 0.4) is 0 Å². The topological polar surface area (TPSA) is 66.5 Å². The second-order valence-electron chi connectivity index (χ2n) is 8.15. The SMILES string of the molecule is CCCCc1ccc(NC(=O)C2CCN(S(=O)(=O)Cc3ccccc3C)CC2)cc1. The molecule has 1 amide bonds. The van der Waals surface area contributed by atoms with E-state index in [0.717, 1.165) is 36.1 Å². The number of nitrogens with zero attached hydrogens (tertiary/aromatic N) is 1. The molecule has 1 N–H and O–H groups in total. The van der Waals surface area contributed by atoms with Crippen LogP contribution in [0.5, 0.6) is 0 Å². The molecule has 0 unspecified atom stereocenters. The van der Waals surface area contributed by atoms with E-state index in [1.165, 1.54) is 9.87 Å². The highest BCUT2D eigenvalue weighted by Gasteiger charge is 2.31. The van der Waals surface area contributed by atoms with Crippen LogP contribution >= 0.6 is 0 Å². The van der Waals surface area contributed by atoms with E-state index in [1.54, 1.807) is 0 Å². The number of rotatable bonds is 8. The Hall–Kier alpha value is -2.18. The van der Waals surface area contributed by atoms with Crippen molar-refractivity contribution in [1.82, 2.24) is 4.31 Å². The lowest BCUT2D eigenvalue weighted by Gasteiger charge is -2.30. The van der Waals surface area contributed by atoms with Gasteiger partial charge in [0.2, 0.25) is 15.9 Å². The first-order valence-corrected chi connectivity index (χ1v) is 12.4. The van der Waals surface area contributed by atoms with Crippen molar-refractivity contribution in [2.45, 2.75) is 51.7 Å². The van der Waals surface area contributed by atoms with Crippen LogP contribution < -0.4 is 5.32 Å². The third kappa shape index (κ3) is 5.92. The Bertz CT molecular complexity index is 947. The van der Waals surface area contributed by atoms with Crippen LogP contribution in [0.2, 0.25) is 0 Å². The van der Waals surface area contributed by atoms with E-state index in [4.69, 9.17) is 0 Å². The number of unbranched alkanes of at least 4 members (excludes halogenated alkanes) is 1. The second kappa shape index (κ2) is 10.2. The lowest BCUT2D eigenvalue weighted by molar-refractivity contribution is -0.120. The summed E-state index contributed by atoms with van der Waals surface area (Å²) in [5.74, 6) is -0.164. The average Bonchev–Trinajstić information content (AvgIpc) is 2.75. The average molecular weight is 429 g/mol. The van der Waals surface area contributed by atoms with Gasteiger partial charge in [-0.05, 0) is 61.4 Å². The van der Waals surface area contributed by atoms with E-state index in [2.05, 4.69) is 24.4 Å². The molecule has 2 aromatic carbocycles. The zero-order chi connectivity index (χ0) is 21.6. The van der Waals surface area contributed by atoms with Gasteiger partial charge in [0.25, 0.3) is 0 Å². The predicted octanol–water partition coefficient (Wildman–Crippen LogP) is 4.52. The number of hydrogen-bond donors (Lipinski definition) is 1. The van der Waals surface area contributed by atoms with E-state index in [9.17, 15) is 13.2 Å². The molecule has 0 bridgehead atoms. The van der Waals surface area contributed by atoms with Gasteiger partial charge in [0.15, 0.2) is 0 Å². The Morgan fingerprint density at radius 2 is 1.73 bits per heavy atom. The molecule has 0 saturated carbocycles. The van der Waals surface area contributed by atoms with Crippen LogP contribution in [0.15, 0.2) is 48.5 Å². The van der Waals surface area contributed by atoms with Gasteiger partial charge >= 0.3 is 0 Å². The largest absolute Gasteiger partial charge is 0.326 e. The molecule has 0 spiro atoms. The van der Waals surface area contributed by atoms with Gasteiger partial charge < -0.3 is 5.32 Å².